The SMILES string of the molecule is Cl.NCC1CCCCN1Cc1cc(-c2cccs2)on1. The van der Waals surface area contributed by atoms with Crippen LogP contribution in [0.15, 0.2) is 28.1 Å². The lowest BCUT2D eigenvalue weighted by Crippen LogP contribution is -2.43. The van der Waals surface area contributed by atoms with E-state index in [1.165, 1.54) is 19.3 Å². The summed E-state index contributed by atoms with van der Waals surface area (Å²) < 4.78 is 5.42. The summed E-state index contributed by atoms with van der Waals surface area (Å²) in [4.78, 5) is 3.56. The quantitative estimate of drug-likeness (QED) is 0.942. The maximum absolute atomic E-state index is 5.85. The molecule has 3 rings (SSSR count). The number of halogens is 1. The van der Waals surface area contributed by atoms with Crippen LogP contribution in [0.2, 0.25) is 0 Å². The van der Waals surface area contributed by atoms with Gasteiger partial charge in [-0.3, -0.25) is 4.90 Å². The Bertz CT molecular complexity index is 514. The van der Waals surface area contributed by atoms with Gasteiger partial charge in [0.2, 0.25) is 0 Å². The molecule has 110 valence electrons. The summed E-state index contributed by atoms with van der Waals surface area (Å²) in [5, 5.41) is 6.23. The standard InChI is InChI=1S/C14H19N3OS.ClH/c15-9-12-4-1-2-6-17(12)10-11-8-13(18-16-11)14-5-3-7-19-14;/h3,5,7-8,12H,1-2,4,6,9-10,15H2;1H. The van der Waals surface area contributed by atoms with E-state index in [1.807, 2.05) is 17.5 Å². The number of piperidine rings is 1. The molecule has 2 aromatic heterocycles. The van der Waals surface area contributed by atoms with Crippen LogP contribution in [0.3, 0.4) is 0 Å². The fraction of sp³-hybridized carbons (Fsp3) is 0.500. The van der Waals surface area contributed by atoms with E-state index in [1.54, 1.807) is 11.3 Å². The molecule has 20 heavy (non-hydrogen) atoms. The summed E-state index contributed by atoms with van der Waals surface area (Å²) in [5.74, 6) is 0.867. The minimum Gasteiger partial charge on any atom is -0.355 e. The molecule has 1 aliphatic rings. The molecule has 0 radical (unpaired) electrons. The maximum atomic E-state index is 5.85. The molecule has 1 fully saturated rings. The minimum atomic E-state index is 0. The third kappa shape index (κ3) is 3.41. The van der Waals surface area contributed by atoms with Crippen LogP contribution in [-0.2, 0) is 6.54 Å². The van der Waals surface area contributed by atoms with Gasteiger partial charge in [-0.1, -0.05) is 17.6 Å². The first kappa shape index (κ1) is 15.5. The summed E-state index contributed by atoms with van der Waals surface area (Å²) in [5.41, 5.74) is 6.85. The first-order valence-corrected chi connectivity index (χ1v) is 7.68. The smallest absolute Gasteiger partial charge is 0.177 e. The molecule has 1 saturated heterocycles. The monoisotopic (exact) mass is 313 g/mol. The first-order valence-electron chi connectivity index (χ1n) is 6.80. The van der Waals surface area contributed by atoms with Crippen LogP contribution in [0.25, 0.3) is 10.6 Å². The summed E-state index contributed by atoms with van der Waals surface area (Å²) >= 11 is 1.67. The van der Waals surface area contributed by atoms with E-state index in [4.69, 9.17) is 10.3 Å². The van der Waals surface area contributed by atoms with Gasteiger partial charge < -0.3 is 10.3 Å². The van der Waals surface area contributed by atoms with E-state index in [0.29, 0.717) is 6.04 Å². The van der Waals surface area contributed by atoms with Gasteiger partial charge in [0.15, 0.2) is 5.76 Å². The van der Waals surface area contributed by atoms with E-state index in [0.717, 1.165) is 36.0 Å². The number of hydrogen-bond acceptors (Lipinski definition) is 5. The first-order chi connectivity index (χ1) is 9.36. The zero-order chi connectivity index (χ0) is 13.1. The van der Waals surface area contributed by atoms with Crippen molar-refractivity contribution >= 4 is 23.7 Å². The number of rotatable bonds is 4. The number of likely N-dealkylation sites (tertiary alicyclic amines) is 1. The lowest BCUT2D eigenvalue weighted by molar-refractivity contribution is 0.141. The number of aromatic nitrogens is 1. The molecule has 2 aromatic rings. The van der Waals surface area contributed by atoms with Crippen LogP contribution >= 0.6 is 23.7 Å². The molecule has 0 aliphatic carbocycles. The molecule has 3 heterocycles. The van der Waals surface area contributed by atoms with Crippen LogP contribution in [0, 0.1) is 0 Å². The van der Waals surface area contributed by atoms with Crippen molar-refractivity contribution in [2.75, 3.05) is 13.1 Å². The van der Waals surface area contributed by atoms with Crippen molar-refractivity contribution in [1.29, 1.82) is 0 Å². The number of thiophene rings is 1. The van der Waals surface area contributed by atoms with Crippen molar-refractivity contribution in [3.63, 3.8) is 0 Å². The Morgan fingerprint density at radius 1 is 1.45 bits per heavy atom. The lowest BCUT2D eigenvalue weighted by Gasteiger charge is -2.34. The Balaban J connectivity index is 0.00000147. The second-order valence-corrected chi connectivity index (χ2v) is 5.96. The highest BCUT2D eigenvalue weighted by molar-refractivity contribution is 7.13. The molecule has 1 aliphatic heterocycles. The average molecular weight is 314 g/mol. The molecule has 1 unspecified atom stereocenters. The highest BCUT2D eigenvalue weighted by Gasteiger charge is 2.22. The fourth-order valence-corrected chi connectivity index (χ4v) is 3.34. The Morgan fingerprint density at radius 3 is 3.10 bits per heavy atom. The van der Waals surface area contributed by atoms with Gasteiger partial charge >= 0.3 is 0 Å². The summed E-state index contributed by atoms with van der Waals surface area (Å²) in [6.45, 7) is 2.69. The van der Waals surface area contributed by atoms with Crippen molar-refractivity contribution in [1.82, 2.24) is 10.1 Å². The van der Waals surface area contributed by atoms with Crippen LogP contribution in [0.1, 0.15) is 25.0 Å². The molecule has 0 amide bonds. The second kappa shape index (κ2) is 7.22. The Hall–Kier alpha value is -0.880. The summed E-state index contributed by atoms with van der Waals surface area (Å²) in [6.07, 6.45) is 3.75. The van der Waals surface area contributed by atoms with E-state index in [-0.39, 0.29) is 12.4 Å². The fourth-order valence-electron chi connectivity index (χ4n) is 2.66. The molecule has 0 bridgehead atoms. The van der Waals surface area contributed by atoms with Crippen LogP contribution in [-0.4, -0.2) is 29.2 Å². The normalized spacial score (nSPS) is 19.8. The molecule has 1 atom stereocenters. The molecule has 0 aromatic carbocycles. The molecular weight excluding hydrogens is 294 g/mol. The third-order valence-corrected chi connectivity index (χ3v) is 4.59. The predicted molar refractivity (Wildman–Crippen MR) is 84.2 cm³/mol. The molecule has 0 spiro atoms. The molecule has 0 saturated carbocycles. The zero-order valence-electron chi connectivity index (χ0n) is 11.3. The van der Waals surface area contributed by atoms with Gasteiger partial charge in [0.25, 0.3) is 0 Å². The van der Waals surface area contributed by atoms with E-state index in [9.17, 15) is 0 Å². The van der Waals surface area contributed by atoms with Gasteiger partial charge in [-0.25, -0.2) is 0 Å². The van der Waals surface area contributed by atoms with Gasteiger partial charge in [-0.05, 0) is 30.8 Å². The van der Waals surface area contributed by atoms with Crippen molar-refractivity contribution in [2.24, 2.45) is 5.73 Å². The third-order valence-electron chi connectivity index (χ3n) is 3.71. The van der Waals surface area contributed by atoms with Gasteiger partial charge in [-0.2, -0.15) is 0 Å². The highest BCUT2D eigenvalue weighted by Crippen LogP contribution is 2.26. The average Bonchev–Trinajstić information content (AvgIpc) is 3.09. The largest absolute Gasteiger partial charge is 0.355 e. The maximum Gasteiger partial charge on any atom is 0.177 e. The van der Waals surface area contributed by atoms with Crippen molar-refractivity contribution in [3.8, 4) is 10.6 Å². The predicted octanol–water partition coefficient (Wildman–Crippen LogP) is 3.14. The Kier molecular flexibility index (Phi) is 5.60. The Morgan fingerprint density at radius 2 is 2.35 bits per heavy atom. The number of hydrogen-bond donors (Lipinski definition) is 1. The van der Waals surface area contributed by atoms with Crippen LogP contribution in [0.4, 0.5) is 0 Å². The van der Waals surface area contributed by atoms with Gasteiger partial charge in [0, 0.05) is 25.2 Å². The van der Waals surface area contributed by atoms with Gasteiger partial charge in [-0.15, -0.1) is 23.7 Å². The van der Waals surface area contributed by atoms with Gasteiger partial charge in [0.1, 0.15) is 0 Å². The molecule has 6 heteroatoms. The van der Waals surface area contributed by atoms with Crippen LogP contribution in [0.5, 0.6) is 0 Å². The second-order valence-electron chi connectivity index (χ2n) is 5.02. The Labute approximate surface area is 129 Å². The van der Waals surface area contributed by atoms with E-state index >= 15 is 0 Å². The lowest BCUT2D eigenvalue weighted by atomic mass is 10.0. The van der Waals surface area contributed by atoms with Crippen molar-refractivity contribution in [2.45, 2.75) is 31.8 Å². The number of nitrogens with zero attached hydrogens (tertiary/aromatic N) is 2. The number of nitrogens with two attached hydrogens (primary N) is 1. The molecule has 4 nitrogen and oxygen atoms in total. The summed E-state index contributed by atoms with van der Waals surface area (Å²) in [6, 6.07) is 6.62. The topological polar surface area (TPSA) is 55.3 Å². The zero-order valence-corrected chi connectivity index (χ0v) is 13.0. The van der Waals surface area contributed by atoms with Crippen molar-refractivity contribution < 1.29 is 4.52 Å². The van der Waals surface area contributed by atoms with Crippen LogP contribution < -0.4 is 5.73 Å². The highest BCUT2D eigenvalue weighted by atomic mass is 35.5. The minimum absolute atomic E-state index is 0. The summed E-state index contributed by atoms with van der Waals surface area (Å²) in [7, 11) is 0. The van der Waals surface area contributed by atoms with Gasteiger partial charge in [0.05, 0.1) is 10.6 Å². The van der Waals surface area contributed by atoms with E-state index < -0.39 is 0 Å². The van der Waals surface area contributed by atoms with Crippen molar-refractivity contribution in [3.05, 3.63) is 29.3 Å². The van der Waals surface area contributed by atoms with E-state index in [2.05, 4.69) is 16.1 Å². The molecule has 2 N–H and O–H groups in total. The molecular formula is C14H20ClN3OS.